The number of hydrogen-bond donors (Lipinski definition) is 0. The number of pyridine rings is 1. The average molecular weight is 623 g/mol. The second kappa shape index (κ2) is 11.0. The molecule has 0 spiro atoms. The van der Waals surface area contributed by atoms with Gasteiger partial charge >= 0.3 is 0 Å². The van der Waals surface area contributed by atoms with Crippen LogP contribution >= 0.6 is 0 Å². The fourth-order valence-corrected chi connectivity index (χ4v) is 7.73. The van der Waals surface area contributed by atoms with Crippen LogP contribution in [0.25, 0.3) is 93.5 Å². The van der Waals surface area contributed by atoms with Crippen LogP contribution in [0.1, 0.15) is 0 Å². The van der Waals surface area contributed by atoms with Crippen molar-refractivity contribution < 1.29 is 0 Å². The molecular formula is C47H30N2. The number of fused-ring (bicyclic) bond motifs is 1. The molecule has 0 radical (unpaired) electrons. The molecule has 0 N–H and O–H groups in total. The van der Waals surface area contributed by atoms with Crippen molar-refractivity contribution in [1.29, 1.82) is 0 Å². The smallest absolute Gasteiger partial charge is 0.0540 e. The van der Waals surface area contributed by atoms with Gasteiger partial charge in [0.15, 0.2) is 0 Å². The molecule has 10 aromatic rings. The summed E-state index contributed by atoms with van der Waals surface area (Å²) in [6.45, 7) is 0. The van der Waals surface area contributed by atoms with E-state index in [-0.39, 0.29) is 0 Å². The maximum Gasteiger partial charge on any atom is 0.0540 e. The fourth-order valence-electron chi connectivity index (χ4n) is 7.73. The lowest BCUT2D eigenvalue weighted by Crippen LogP contribution is -1.96. The molecule has 0 aliphatic heterocycles. The number of para-hydroxylation sites is 2. The second-order valence-corrected chi connectivity index (χ2v) is 12.8. The molecular weight excluding hydrogens is 593 g/mol. The van der Waals surface area contributed by atoms with Gasteiger partial charge < -0.3 is 4.57 Å². The Labute approximate surface area is 284 Å². The van der Waals surface area contributed by atoms with Gasteiger partial charge in [0.1, 0.15) is 0 Å². The van der Waals surface area contributed by atoms with Crippen molar-refractivity contribution in [2.45, 2.75) is 0 Å². The maximum absolute atomic E-state index is 4.33. The Kier molecular flexibility index (Phi) is 6.22. The molecule has 0 unspecified atom stereocenters. The Hall–Kier alpha value is -6.51. The molecule has 10 rings (SSSR count). The molecule has 0 aliphatic rings. The van der Waals surface area contributed by atoms with Crippen molar-refractivity contribution in [1.82, 2.24) is 9.55 Å². The van der Waals surface area contributed by atoms with Crippen LogP contribution in [0.4, 0.5) is 0 Å². The van der Waals surface area contributed by atoms with Crippen molar-refractivity contribution in [3.05, 3.63) is 182 Å². The highest BCUT2D eigenvalue weighted by atomic mass is 15.0. The van der Waals surface area contributed by atoms with Gasteiger partial charge in [-0.15, -0.1) is 0 Å². The number of benzene rings is 8. The van der Waals surface area contributed by atoms with E-state index < -0.39 is 0 Å². The lowest BCUT2D eigenvalue weighted by Gasteiger charge is -2.18. The van der Waals surface area contributed by atoms with Gasteiger partial charge in [0.25, 0.3) is 0 Å². The van der Waals surface area contributed by atoms with Gasteiger partial charge in [-0.3, -0.25) is 4.98 Å². The van der Waals surface area contributed by atoms with Crippen LogP contribution in [-0.2, 0) is 0 Å². The van der Waals surface area contributed by atoms with Crippen molar-refractivity contribution in [3.63, 3.8) is 0 Å². The minimum absolute atomic E-state index is 1.12. The van der Waals surface area contributed by atoms with Crippen LogP contribution < -0.4 is 0 Å². The third kappa shape index (κ3) is 4.46. The van der Waals surface area contributed by atoms with Gasteiger partial charge in [0, 0.05) is 23.5 Å². The molecule has 0 bridgehead atoms. The summed E-state index contributed by atoms with van der Waals surface area (Å²) in [7, 11) is 0. The summed E-state index contributed by atoms with van der Waals surface area (Å²) in [5.41, 5.74) is 11.9. The first-order chi connectivity index (χ1) is 24.3. The highest BCUT2D eigenvalue weighted by Gasteiger charge is 2.18. The third-order valence-corrected chi connectivity index (χ3v) is 10.1. The zero-order chi connectivity index (χ0) is 32.3. The summed E-state index contributed by atoms with van der Waals surface area (Å²) in [5, 5.41) is 8.99. The molecule has 2 heteroatoms. The van der Waals surface area contributed by atoms with Gasteiger partial charge in [-0.1, -0.05) is 133 Å². The number of aromatic nitrogens is 2. The molecule has 0 saturated heterocycles. The Balaban J connectivity index is 1.16. The van der Waals surface area contributed by atoms with Crippen molar-refractivity contribution in [3.8, 4) is 50.3 Å². The molecule has 228 valence electrons. The third-order valence-electron chi connectivity index (χ3n) is 10.1. The highest BCUT2D eigenvalue weighted by molar-refractivity contribution is 6.28. The van der Waals surface area contributed by atoms with Crippen molar-refractivity contribution in [2.75, 3.05) is 0 Å². The molecule has 2 nitrogen and oxygen atoms in total. The van der Waals surface area contributed by atoms with Crippen LogP contribution in [0.5, 0.6) is 0 Å². The molecule has 0 amide bonds. The van der Waals surface area contributed by atoms with Gasteiger partial charge in [0.2, 0.25) is 0 Å². The molecule has 2 aromatic heterocycles. The van der Waals surface area contributed by atoms with E-state index in [0.29, 0.717) is 0 Å². The van der Waals surface area contributed by atoms with E-state index in [0.717, 1.165) is 11.3 Å². The lowest BCUT2D eigenvalue weighted by molar-refractivity contribution is 1.13. The summed E-state index contributed by atoms with van der Waals surface area (Å²) in [6, 6.07) is 62.0. The summed E-state index contributed by atoms with van der Waals surface area (Å²) < 4.78 is 2.37. The van der Waals surface area contributed by atoms with Gasteiger partial charge in [-0.05, 0) is 108 Å². The first-order valence-corrected chi connectivity index (χ1v) is 16.8. The van der Waals surface area contributed by atoms with E-state index in [2.05, 4.69) is 173 Å². The highest BCUT2D eigenvalue weighted by Crippen LogP contribution is 2.44. The first-order valence-electron chi connectivity index (χ1n) is 16.8. The van der Waals surface area contributed by atoms with E-state index in [9.17, 15) is 0 Å². The lowest BCUT2D eigenvalue weighted by atomic mass is 9.85. The summed E-state index contributed by atoms with van der Waals surface area (Å²) >= 11 is 0. The number of nitrogens with zero attached hydrogens (tertiary/aromatic N) is 2. The molecule has 0 atom stereocenters. The largest absolute Gasteiger partial charge is 0.309 e. The summed E-state index contributed by atoms with van der Waals surface area (Å²) in [4.78, 5) is 4.33. The predicted octanol–water partition coefficient (Wildman–Crippen LogP) is 12.6. The van der Waals surface area contributed by atoms with Crippen LogP contribution in [-0.4, -0.2) is 9.55 Å². The Morgan fingerprint density at radius 1 is 0.388 bits per heavy atom. The van der Waals surface area contributed by atoms with Crippen LogP contribution in [0.15, 0.2) is 182 Å². The fraction of sp³-hybridized carbons (Fsp3) is 0. The van der Waals surface area contributed by atoms with Crippen LogP contribution in [0.2, 0.25) is 0 Å². The van der Waals surface area contributed by atoms with Crippen molar-refractivity contribution >= 4 is 43.2 Å². The summed E-state index contributed by atoms with van der Waals surface area (Å²) in [6.07, 6.45) is 3.74. The molecule has 2 heterocycles. The second-order valence-electron chi connectivity index (χ2n) is 12.8. The Bertz CT molecular complexity index is 2760. The van der Waals surface area contributed by atoms with Crippen LogP contribution in [0, 0.1) is 0 Å². The van der Waals surface area contributed by atoms with E-state index in [4.69, 9.17) is 0 Å². The van der Waals surface area contributed by atoms with Crippen molar-refractivity contribution in [2.24, 2.45) is 0 Å². The van der Waals surface area contributed by atoms with Gasteiger partial charge in [-0.25, -0.2) is 0 Å². The summed E-state index contributed by atoms with van der Waals surface area (Å²) in [5.74, 6) is 0. The standard InChI is InChI=1S/C47H30N2/c1-2-12-39(13-3-1)49-44-14-5-4-8-37(44)28-45(49)34-21-19-33(20-22-34)43-29-42(32-17-15-31(16-18-32)38-11-7-27-48-30-38)40-25-23-35-9-6-10-36-24-26-41(43)47(40)46(35)36/h1-30H. The van der Waals surface area contributed by atoms with E-state index in [1.54, 1.807) is 0 Å². The van der Waals surface area contributed by atoms with Crippen LogP contribution in [0.3, 0.4) is 0 Å². The maximum atomic E-state index is 4.33. The topological polar surface area (TPSA) is 17.8 Å². The van der Waals surface area contributed by atoms with Gasteiger partial charge in [-0.2, -0.15) is 0 Å². The molecule has 8 aromatic carbocycles. The average Bonchev–Trinajstić information content (AvgIpc) is 3.57. The number of hydrogen-bond acceptors (Lipinski definition) is 1. The monoisotopic (exact) mass is 622 g/mol. The van der Waals surface area contributed by atoms with E-state index in [1.807, 2.05) is 18.5 Å². The molecule has 49 heavy (non-hydrogen) atoms. The minimum atomic E-state index is 1.12. The first kappa shape index (κ1) is 27.6. The Morgan fingerprint density at radius 2 is 1.00 bits per heavy atom. The SMILES string of the molecule is c1ccc(-n2c(-c3ccc(-c4cc(-c5ccc(-c6cccnc6)cc5)c5ccc6cccc7ccc4c5c67)cc3)cc3ccccc32)cc1. The van der Waals surface area contributed by atoms with Gasteiger partial charge in [0.05, 0.1) is 11.2 Å². The minimum Gasteiger partial charge on any atom is -0.309 e. The number of rotatable bonds is 5. The molecule has 0 fully saturated rings. The molecule has 0 saturated carbocycles. The normalized spacial score (nSPS) is 11.7. The van der Waals surface area contributed by atoms with E-state index in [1.165, 1.54) is 82.3 Å². The van der Waals surface area contributed by atoms with E-state index >= 15 is 0 Å². The molecule has 0 aliphatic carbocycles. The zero-order valence-corrected chi connectivity index (χ0v) is 26.7. The predicted molar refractivity (Wildman–Crippen MR) is 207 cm³/mol. The zero-order valence-electron chi connectivity index (χ0n) is 26.7. The quantitative estimate of drug-likeness (QED) is 0.175. The Morgan fingerprint density at radius 3 is 1.67 bits per heavy atom.